The van der Waals surface area contributed by atoms with Crippen LogP contribution < -0.4 is 5.32 Å². The van der Waals surface area contributed by atoms with Crippen LogP contribution in [-0.2, 0) is 33.4 Å². The Morgan fingerprint density at radius 3 is 1.91 bits per heavy atom. The Labute approximate surface area is 277 Å². The summed E-state index contributed by atoms with van der Waals surface area (Å²) in [5.74, 6) is -2.98. The smallest absolute Gasteiger partial charge is 0.451 e. The average Bonchev–Trinajstić information content (AvgIpc) is 3.04. The number of Topliss-reactive ketones (excluding diaryl/α,β-unsaturated/α-hetero) is 1. The van der Waals surface area contributed by atoms with Gasteiger partial charge in [0.1, 0.15) is 18.0 Å². The molecule has 45 heavy (non-hydrogen) atoms. The molecule has 2 amide bonds. The summed E-state index contributed by atoms with van der Waals surface area (Å²) in [6.07, 6.45) is -3.62. The highest BCUT2D eigenvalue weighted by molar-refractivity contribution is 8.00. The van der Waals surface area contributed by atoms with E-state index in [0.29, 0.717) is 11.1 Å². The summed E-state index contributed by atoms with van der Waals surface area (Å²) in [5, 5.41) is 1.83. The maximum Gasteiger partial charge on any atom is 0.509 e. The number of halogens is 3. The number of ketones is 1. The average molecular weight is 692 g/mol. The molecule has 234 valence electrons. The zero-order chi connectivity index (χ0) is 32.1. The van der Waals surface area contributed by atoms with Crippen LogP contribution in [0.1, 0.15) is 28.9 Å². The molecule has 3 unspecified atom stereocenters. The second-order valence-corrected chi connectivity index (χ2v) is 13.6. The maximum atomic E-state index is 13.5. The quantitative estimate of drug-likeness (QED) is 0.144. The minimum absolute atomic E-state index is 0.0934. The minimum Gasteiger partial charge on any atom is -0.451 e. The van der Waals surface area contributed by atoms with Crippen molar-refractivity contribution in [3.05, 3.63) is 108 Å². The van der Waals surface area contributed by atoms with Crippen molar-refractivity contribution in [1.29, 1.82) is 0 Å². The summed E-state index contributed by atoms with van der Waals surface area (Å²) in [6.45, 7) is -0.630. The van der Waals surface area contributed by atoms with Gasteiger partial charge in [0.2, 0.25) is 15.8 Å². The molecule has 3 aromatic rings. The summed E-state index contributed by atoms with van der Waals surface area (Å²) in [7, 11) is 0. The van der Waals surface area contributed by atoms with Gasteiger partial charge < -0.3 is 24.4 Å². The summed E-state index contributed by atoms with van der Waals surface area (Å²) >= 11 is 18.0. The number of esters is 1. The molecule has 2 heterocycles. The predicted octanol–water partition coefficient (Wildman–Crippen LogP) is 4.92. The van der Waals surface area contributed by atoms with Crippen LogP contribution in [0.5, 0.6) is 0 Å². The zero-order valence-corrected chi connectivity index (χ0v) is 26.3. The van der Waals surface area contributed by atoms with Gasteiger partial charge in [-0.25, -0.2) is 9.59 Å². The number of nitrogens with zero attached hydrogens (tertiary/aromatic N) is 1. The molecule has 1 N–H and O–H groups in total. The van der Waals surface area contributed by atoms with Crippen LogP contribution in [0.15, 0.2) is 91.0 Å². The lowest BCUT2D eigenvalue weighted by atomic mass is 9.98. The number of thioether (sulfide) groups is 1. The van der Waals surface area contributed by atoms with Gasteiger partial charge in [-0.3, -0.25) is 14.4 Å². The number of alkyl halides is 3. The molecular formula is C31H25Cl3N2O8S. The number of amides is 2. The molecule has 14 heteroatoms. The Kier molecular flexibility index (Phi) is 10.2. The van der Waals surface area contributed by atoms with Crippen molar-refractivity contribution in [2.75, 3.05) is 12.4 Å². The Balaban J connectivity index is 1.30. The largest absolute Gasteiger partial charge is 0.509 e. The Bertz CT molecular complexity index is 1520. The fraction of sp³-hybridized carbons (Fsp3) is 0.258. The number of ether oxygens (including phenoxy) is 3. The molecule has 0 saturated carbocycles. The second kappa shape index (κ2) is 14.1. The van der Waals surface area contributed by atoms with Gasteiger partial charge in [-0.05, 0) is 11.1 Å². The number of carbonyl (C=O) groups excluding carboxylic acids is 5. The van der Waals surface area contributed by atoms with Gasteiger partial charge in [-0.2, -0.15) is 0 Å². The molecule has 4 atom stereocenters. The fourth-order valence-electron chi connectivity index (χ4n) is 4.88. The van der Waals surface area contributed by atoms with Crippen LogP contribution in [-0.4, -0.2) is 68.2 Å². The van der Waals surface area contributed by atoms with Crippen molar-refractivity contribution in [2.24, 2.45) is 0 Å². The molecule has 0 spiro atoms. The molecule has 2 fully saturated rings. The third-order valence-corrected chi connectivity index (χ3v) is 8.55. The highest BCUT2D eigenvalue weighted by Gasteiger charge is 2.58. The van der Waals surface area contributed by atoms with Gasteiger partial charge in [-0.1, -0.05) is 126 Å². The first kappa shape index (κ1) is 32.6. The molecule has 0 aromatic heterocycles. The Morgan fingerprint density at radius 1 is 0.844 bits per heavy atom. The molecule has 5 rings (SSSR count). The number of carbonyl (C=O) groups is 5. The highest BCUT2D eigenvalue weighted by atomic mass is 35.6. The van der Waals surface area contributed by atoms with Crippen molar-refractivity contribution in [2.45, 2.75) is 33.5 Å². The lowest BCUT2D eigenvalue weighted by Gasteiger charge is -2.51. The van der Waals surface area contributed by atoms with Crippen LogP contribution >= 0.6 is 46.6 Å². The third kappa shape index (κ3) is 7.73. The number of rotatable bonds is 9. The van der Waals surface area contributed by atoms with Gasteiger partial charge in [0.05, 0.1) is 5.75 Å². The van der Waals surface area contributed by atoms with E-state index in [-0.39, 0.29) is 11.3 Å². The lowest BCUT2D eigenvalue weighted by molar-refractivity contribution is -0.170. The van der Waals surface area contributed by atoms with Gasteiger partial charge in [0.15, 0.2) is 17.9 Å². The lowest BCUT2D eigenvalue weighted by Crippen LogP contribution is -2.76. The van der Waals surface area contributed by atoms with E-state index in [1.165, 1.54) is 12.1 Å². The highest BCUT2D eigenvalue weighted by Crippen LogP contribution is 2.39. The molecule has 3 aromatic carbocycles. The first-order valence-electron chi connectivity index (χ1n) is 13.6. The van der Waals surface area contributed by atoms with Crippen molar-refractivity contribution >= 4 is 76.3 Å². The van der Waals surface area contributed by atoms with Crippen LogP contribution in [0.25, 0.3) is 0 Å². The van der Waals surface area contributed by atoms with E-state index in [1.807, 2.05) is 12.1 Å². The van der Waals surface area contributed by atoms with Gasteiger partial charge in [-0.15, -0.1) is 11.8 Å². The van der Waals surface area contributed by atoms with Crippen LogP contribution in [0.3, 0.4) is 0 Å². The summed E-state index contributed by atoms with van der Waals surface area (Å²) < 4.78 is 14.0. The van der Waals surface area contributed by atoms with E-state index in [0.717, 1.165) is 16.7 Å². The number of hydrogen-bond acceptors (Lipinski definition) is 9. The zero-order valence-electron chi connectivity index (χ0n) is 23.2. The third-order valence-electron chi connectivity index (χ3n) is 6.93. The molecule has 0 bridgehead atoms. The number of nitrogens with one attached hydrogen (secondary N) is 1. The molecule has 10 nitrogen and oxygen atoms in total. The van der Waals surface area contributed by atoms with Crippen molar-refractivity contribution in [3.63, 3.8) is 0 Å². The number of hydrogen-bond donors (Lipinski definition) is 1. The molecule has 0 aliphatic carbocycles. The first-order valence-corrected chi connectivity index (χ1v) is 15.7. The standard InChI is InChI=1S/C31H25Cl3N2O8S/c32-31(33,34)17-42-30(41)44-25(20-14-8-3-9-15-20)26(38)35-22-27(39)36-23(21(37)16-45-28(22)36)29(40)43-24(18-10-4-1-5-11-18)19-12-6-2-7-13-19/h1-15,22-25,28H,16-17H2,(H,35,38)/t22?,23?,25?,28-/m0/s1. The minimum atomic E-state index is -1.90. The molecule has 2 aliphatic heterocycles. The normalized spacial score (nSPS) is 20.0. The van der Waals surface area contributed by atoms with Crippen LogP contribution in [0, 0.1) is 0 Å². The maximum absolute atomic E-state index is 13.5. The second-order valence-electron chi connectivity index (χ2n) is 10.0. The van der Waals surface area contributed by atoms with Gasteiger partial charge in [0.25, 0.3) is 5.91 Å². The Morgan fingerprint density at radius 2 is 1.38 bits per heavy atom. The topological polar surface area (TPSA) is 128 Å². The number of fused-ring (bicyclic) bond motifs is 1. The van der Waals surface area contributed by atoms with Gasteiger partial charge in [0, 0.05) is 5.56 Å². The van der Waals surface area contributed by atoms with Crippen LogP contribution in [0.4, 0.5) is 4.79 Å². The van der Waals surface area contributed by atoms with E-state index in [1.54, 1.807) is 66.7 Å². The Hall–Kier alpha value is -3.77. The molecular weight excluding hydrogens is 667 g/mol. The van der Waals surface area contributed by atoms with Crippen molar-refractivity contribution in [3.8, 4) is 0 Å². The summed E-state index contributed by atoms with van der Waals surface area (Å²) in [6, 6.07) is 23.5. The van der Waals surface area contributed by atoms with Crippen LogP contribution in [0.2, 0.25) is 0 Å². The van der Waals surface area contributed by atoms with E-state index in [2.05, 4.69) is 5.32 Å². The SMILES string of the molecule is O=C(OCC(Cl)(Cl)Cl)OC(C(=O)NC1C(=O)N2C(C(=O)OC(c3ccccc3)c3ccccc3)C(=O)CS[C@@H]12)c1ccccc1. The van der Waals surface area contributed by atoms with E-state index in [4.69, 9.17) is 49.0 Å². The van der Waals surface area contributed by atoms with Crippen molar-refractivity contribution in [1.82, 2.24) is 10.2 Å². The van der Waals surface area contributed by atoms with Gasteiger partial charge >= 0.3 is 12.1 Å². The number of benzene rings is 3. The predicted molar refractivity (Wildman–Crippen MR) is 167 cm³/mol. The van der Waals surface area contributed by atoms with E-state index in [9.17, 15) is 24.0 Å². The summed E-state index contributed by atoms with van der Waals surface area (Å²) in [5.41, 5.74) is 1.65. The fourth-order valence-corrected chi connectivity index (χ4v) is 6.30. The van der Waals surface area contributed by atoms with Crippen molar-refractivity contribution < 1.29 is 38.2 Å². The van der Waals surface area contributed by atoms with E-state index < -0.39 is 69.8 Å². The molecule has 0 radical (unpaired) electrons. The molecule has 2 saturated heterocycles. The summed E-state index contributed by atoms with van der Waals surface area (Å²) in [4.78, 5) is 66.7. The van der Waals surface area contributed by atoms with E-state index >= 15 is 0 Å². The molecule has 2 aliphatic rings. The monoisotopic (exact) mass is 690 g/mol. The number of β-lactam (4-membered cyclic amide) rings is 1. The first-order chi connectivity index (χ1) is 21.5.